The van der Waals surface area contributed by atoms with Gasteiger partial charge in [-0.05, 0) is 45.9 Å². The first-order valence-corrected chi connectivity index (χ1v) is 6.38. The van der Waals surface area contributed by atoms with E-state index in [1.165, 1.54) is 26.0 Å². The third-order valence-corrected chi connectivity index (χ3v) is 4.01. The second-order valence-electron chi connectivity index (χ2n) is 5.64. The summed E-state index contributed by atoms with van der Waals surface area (Å²) in [6.45, 7) is 6.23. The Morgan fingerprint density at radius 3 is 2.25 bits per heavy atom. The molecule has 1 rings (SSSR count). The number of carbonyl (C=O) groups excluding carboxylic acids is 1. The Bertz CT molecular complexity index is 555. The summed E-state index contributed by atoms with van der Waals surface area (Å²) < 4.78 is 13.3. The quantitative estimate of drug-likeness (QED) is 0.898. The number of carboxylic acid groups (broad SMARTS) is 1. The molecule has 0 spiro atoms. The zero-order valence-electron chi connectivity index (χ0n) is 11.8. The van der Waals surface area contributed by atoms with Crippen molar-refractivity contribution in [3.05, 3.63) is 34.6 Å². The van der Waals surface area contributed by atoms with E-state index < -0.39 is 28.6 Å². The number of carboxylic acids is 1. The maximum Gasteiger partial charge on any atom is 0.311 e. The third kappa shape index (κ3) is 3.10. The normalized spacial score (nSPS) is 12.1. The highest BCUT2D eigenvalue weighted by atomic mass is 35.5. The van der Waals surface area contributed by atoms with Crippen molar-refractivity contribution in [1.82, 2.24) is 5.32 Å². The Labute approximate surface area is 121 Å². The molecule has 0 heterocycles. The molecule has 4 nitrogen and oxygen atoms in total. The molecule has 0 saturated carbocycles. The molecular weight excluding hydrogens is 285 g/mol. The number of hydrogen-bond donors (Lipinski definition) is 2. The van der Waals surface area contributed by atoms with Gasteiger partial charge in [0.05, 0.1) is 16.0 Å². The van der Waals surface area contributed by atoms with E-state index in [0.717, 1.165) is 6.07 Å². The average molecular weight is 302 g/mol. The van der Waals surface area contributed by atoms with Crippen molar-refractivity contribution in [3.63, 3.8) is 0 Å². The van der Waals surface area contributed by atoms with Crippen LogP contribution >= 0.6 is 11.6 Å². The molecule has 0 saturated heterocycles. The monoisotopic (exact) mass is 301 g/mol. The number of aliphatic carboxylic acids is 1. The number of benzene rings is 1. The van der Waals surface area contributed by atoms with Gasteiger partial charge in [-0.3, -0.25) is 9.59 Å². The minimum absolute atomic E-state index is 0.0772. The Balaban J connectivity index is 3.00. The van der Waals surface area contributed by atoms with Crippen LogP contribution in [0.5, 0.6) is 0 Å². The molecule has 0 aromatic heterocycles. The SMILES string of the molecule is CC(C)(NC(=O)c1ccc(Cl)c(F)c1)C(C)(C)C(=O)O. The van der Waals surface area contributed by atoms with Crippen LogP contribution in [-0.2, 0) is 4.79 Å². The summed E-state index contributed by atoms with van der Waals surface area (Å²) in [5, 5.41) is 11.7. The third-order valence-electron chi connectivity index (χ3n) is 3.70. The van der Waals surface area contributed by atoms with Crippen molar-refractivity contribution in [2.45, 2.75) is 33.2 Å². The van der Waals surface area contributed by atoms with Gasteiger partial charge in [0.15, 0.2) is 0 Å². The van der Waals surface area contributed by atoms with Gasteiger partial charge in [-0.1, -0.05) is 11.6 Å². The van der Waals surface area contributed by atoms with Gasteiger partial charge in [0.2, 0.25) is 0 Å². The van der Waals surface area contributed by atoms with Crippen molar-refractivity contribution in [2.75, 3.05) is 0 Å². The molecule has 0 aliphatic carbocycles. The topological polar surface area (TPSA) is 66.4 Å². The lowest BCUT2D eigenvalue weighted by molar-refractivity contribution is -0.150. The lowest BCUT2D eigenvalue weighted by Crippen LogP contribution is -2.56. The molecule has 0 aliphatic heterocycles. The molecule has 0 aliphatic rings. The van der Waals surface area contributed by atoms with Gasteiger partial charge in [-0.25, -0.2) is 4.39 Å². The standard InChI is InChI=1S/C14H17ClFNO3/c1-13(2,12(19)20)14(3,4)17-11(18)8-5-6-9(15)10(16)7-8/h5-7H,1-4H3,(H,17,18)(H,19,20). The number of hydrogen-bond acceptors (Lipinski definition) is 2. The fourth-order valence-corrected chi connectivity index (χ4v) is 1.53. The minimum atomic E-state index is -1.19. The molecule has 0 atom stereocenters. The Kier molecular flexibility index (Phi) is 4.44. The van der Waals surface area contributed by atoms with Gasteiger partial charge in [-0.2, -0.15) is 0 Å². The summed E-state index contributed by atoms with van der Waals surface area (Å²) in [6.07, 6.45) is 0. The predicted octanol–water partition coefficient (Wildman–Crippen LogP) is 3.10. The molecule has 20 heavy (non-hydrogen) atoms. The molecule has 0 fully saturated rings. The summed E-state index contributed by atoms with van der Waals surface area (Å²) in [5.74, 6) is -2.29. The average Bonchev–Trinajstić information content (AvgIpc) is 2.31. The summed E-state index contributed by atoms with van der Waals surface area (Å²) in [4.78, 5) is 23.3. The number of amides is 1. The molecule has 0 unspecified atom stereocenters. The van der Waals surface area contributed by atoms with E-state index >= 15 is 0 Å². The molecule has 0 radical (unpaired) electrons. The van der Waals surface area contributed by atoms with E-state index in [-0.39, 0.29) is 10.6 Å². The molecule has 1 amide bonds. The predicted molar refractivity (Wildman–Crippen MR) is 74.4 cm³/mol. The van der Waals surface area contributed by atoms with Crippen molar-refractivity contribution >= 4 is 23.5 Å². The highest BCUT2D eigenvalue weighted by Crippen LogP contribution is 2.31. The molecule has 2 N–H and O–H groups in total. The molecule has 1 aromatic rings. The van der Waals surface area contributed by atoms with E-state index in [1.54, 1.807) is 13.8 Å². The lowest BCUT2D eigenvalue weighted by atomic mass is 9.74. The van der Waals surface area contributed by atoms with E-state index in [1.807, 2.05) is 0 Å². The smallest absolute Gasteiger partial charge is 0.311 e. The molecule has 0 bridgehead atoms. The van der Waals surface area contributed by atoms with Gasteiger partial charge in [0.25, 0.3) is 5.91 Å². The second-order valence-corrected chi connectivity index (χ2v) is 6.05. The van der Waals surface area contributed by atoms with Crippen molar-refractivity contribution in [1.29, 1.82) is 0 Å². The molecular formula is C14H17ClFNO3. The minimum Gasteiger partial charge on any atom is -0.481 e. The van der Waals surface area contributed by atoms with E-state index in [0.29, 0.717) is 0 Å². The summed E-state index contributed by atoms with van der Waals surface area (Å²) >= 11 is 5.55. The van der Waals surface area contributed by atoms with E-state index in [9.17, 15) is 19.1 Å². The van der Waals surface area contributed by atoms with Crippen LogP contribution in [0.4, 0.5) is 4.39 Å². The molecule has 1 aromatic carbocycles. The zero-order chi connectivity index (χ0) is 15.7. The van der Waals surface area contributed by atoms with Gasteiger partial charge >= 0.3 is 5.97 Å². The highest BCUT2D eigenvalue weighted by molar-refractivity contribution is 6.30. The highest BCUT2D eigenvalue weighted by Gasteiger charge is 2.44. The van der Waals surface area contributed by atoms with Crippen LogP contribution in [0.3, 0.4) is 0 Å². The first-order valence-electron chi connectivity index (χ1n) is 6.00. The Morgan fingerprint density at radius 1 is 1.25 bits per heavy atom. The Morgan fingerprint density at radius 2 is 1.80 bits per heavy atom. The fraction of sp³-hybridized carbons (Fsp3) is 0.429. The fourth-order valence-electron chi connectivity index (χ4n) is 1.42. The van der Waals surface area contributed by atoms with Crippen LogP contribution in [0.1, 0.15) is 38.1 Å². The maximum absolute atomic E-state index is 13.3. The van der Waals surface area contributed by atoms with Crippen LogP contribution in [0, 0.1) is 11.2 Å². The summed E-state index contributed by atoms with van der Waals surface area (Å²) in [5.41, 5.74) is -2.12. The summed E-state index contributed by atoms with van der Waals surface area (Å²) in [7, 11) is 0. The molecule has 6 heteroatoms. The van der Waals surface area contributed by atoms with Crippen LogP contribution in [0.2, 0.25) is 5.02 Å². The van der Waals surface area contributed by atoms with Crippen LogP contribution in [-0.4, -0.2) is 22.5 Å². The van der Waals surface area contributed by atoms with Crippen LogP contribution < -0.4 is 5.32 Å². The number of carbonyl (C=O) groups is 2. The summed E-state index contributed by atoms with van der Waals surface area (Å²) in [6, 6.07) is 3.67. The van der Waals surface area contributed by atoms with E-state index in [2.05, 4.69) is 5.32 Å². The Hall–Kier alpha value is -1.62. The first-order chi connectivity index (χ1) is 8.99. The number of halogens is 2. The van der Waals surface area contributed by atoms with Crippen molar-refractivity contribution in [3.8, 4) is 0 Å². The van der Waals surface area contributed by atoms with E-state index in [4.69, 9.17) is 11.6 Å². The van der Waals surface area contributed by atoms with Gasteiger partial charge in [0, 0.05) is 5.56 Å². The number of rotatable bonds is 4. The van der Waals surface area contributed by atoms with Gasteiger partial charge in [-0.15, -0.1) is 0 Å². The second kappa shape index (κ2) is 5.40. The first kappa shape index (κ1) is 16.4. The van der Waals surface area contributed by atoms with Crippen molar-refractivity contribution < 1.29 is 19.1 Å². The van der Waals surface area contributed by atoms with Crippen LogP contribution in [0.15, 0.2) is 18.2 Å². The largest absolute Gasteiger partial charge is 0.481 e. The maximum atomic E-state index is 13.3. The zero-order valence-corrected chi connectivity index (χ0v) is 12.5. The van der Waals surface area contributed by atoms with Gasteiger partial charge < -0.3 is 10.4 Å². The lowest BCUT2D eigenvalue weighted by Gasteiger charge is -2.38. The number of nitrogens with one attached hydrogen (secondary N) is 1. The van der Waals surface area contributed by atoms with Crippen molar-refractivity contribution in [2.24, 2.45) is 5.41 Å². The van der Waals surface area contributed by atoms with Gasteiger partial charge in [0.1, 0.15) is 5.82 Å². The van der Waals surface area contributed by atoms with Crippen LogP contribution in [0.25, 0.3) is 0 Å². The molecule has 110 valence electrons.